The molecular formula is C24H21FN2O2S. The number of aromatic amines is 1. The number of amides is 1. The van der Waals surface area contributed by atoms with Crippen molar-refractivity contribution < 1.29 is 9.18 Å². The van der Waals surface area contributed by atoms with Crippen LogP contribution in [-0.2, 0) is 6.42 Å². The third kappa shape index (κ3) is 3.96. The van der Waals surface area contributed by atoms with Crippen molar-refractivity contribution in [2.75, 3.05) is 6.26 Å². The van der Waals surface area contributed by atoms with Crippen molar-refractivity contribution in [1.82, 2.24) is 10.3 Å². The standard InChI is InChI=1S/C24H21FN2O2S/c1-14(10-15-6-5-7-16(11-15)30-2)26-24(29)18-13-22-19(12-20(18)25)23(28)17-8-3-4-9-21(17)27-22/h3-9,11-14H,10H2,1-2H3,(H,26,29)(H,27,28). The molecule has 0 aliphatic rings. The second kappa shape index (κ2) is 8.32. The maximum atomic E-state index is 14.7. The lowest BCUT2D eigenvalue weighted by atomic mass is 10.0. The van der Waals surface area contributed by atoms with Gasteiger partial charge in [0.25, 0.3) is 5.91 Å². The molecule has 152 valence electrons. The van der Waals surface area contributed by atoms with E-state index in [0.717, 1.165) is 16.5 Å². The summed E-state index contributed by atoms with van der Waals surface area (Å²) in [4.78, 5) is 29.7. The van der Waals surface area contributed by atoms with E-state index in [-0.39, 0.29) is 22.4 Å². The number of pyridine rings is 1. The van der Waals surface area contributed by atoms with E-state index in [4.69, 9.17) is 0 Å². The van der Waals surface area contributed by atoms with Gasteiger partial charge < -0.3 is 10.3 Å². The van der Waals surface area contributed by atoms with E-state index in [2.05, 4.69) is 16.4 Å². The fourth-order valence-electron chi connectivity index (χ4n) is 3.62. The van der Waals surface area contributed by atoms with E-state index in [1.54, 1.807) is 30.0 Å². The zero-order valence-corrected chi connectivity index (χ0v) is 17.5. The molecule has 3 aromatic carbocycles. The summed E-state index contributed by atoms with van der Waals surface area (Å²) in [6, 6.07) is 17.5. The Morgan fingerprint density at radius 2 is 1.87 bits per heavy atom. The fourth-order valence-corrected chi connectivity index (χ4v) is 4.11. The summed E-state index contributed by atoms with van der Waals surface area (Å²) >= 11 is 1.66. The Bertz CT molecular complexity index is 1320. The Balaban J connectivity index is 1.61. The number of halogens is 1. The summed E-state index contributed by atoms with van der Waals surface area (Å²) in [5.74, 6) is -1.21. The molecule has 4 aromatic rings. The zero-order valence-electron chi connectivity index (χ0n) is 16.7. The molecule has 0 aliphatic carbocycles. The number of hydrogen-bond acceptors (Lipinski definition) is 3. The Morgan fingerprint density at radius 1 is 1.07 bits per heavy atom. The van der Waals surface area contributed by atoms with Gasteiger partial charge in [0.15, 0.2) is 5.43 Å². The summed E-state index contributed by atoms with van der Waals surface area (Å²) in [6.45, 7) is 1.89. The largest absolute Gasteiger partial charge is 0.354 e. The number of thioether (sulfide) groups is 1. The quantitative estimate of drug-likeness (QED) is 0.356. The monoisotopic (exact) mass is 420 g/mol. The van der Waals surface area contributed by atoms with Crippen LogP contribution in [0.4, 0.5) is 4.39 Å². The van der Waals surface area contributed by atoms with E-state index in [0.29, 0.717) is 22.8 Å². The van der Waals surface area contributed by atoms with Crippen LogP contribution in [0.3, 0.4) is 0 Å². The van der Waals surface area contributed by atoms with Gasteiger partial charge in [0, 0.05) is 27.2 Å². The van der Waals surface area contributed by atoms with Crippen LogP contribution in [0.15, 0.2) is 70.4 Å². The van der Waals surface area contributed by atoms with Crippen LogP contribution in [-0.4, -0.2) is 23.2 Å². The first-order valence-electron chi connectivity index (χ1n) is 9.64. The van der Waals surface area contributed by atoms with E-state index < -0.39 is 11.7 Å². The number of hydrogen-bond donors (Lipinski definition) is 2. The minimum atomic E-state index is -0.711. The minimum absolute atomic E-state index is 0.0851. The number of para-hydroxylation sites is 1. The minimum Gasteiger partial charge on any atom is -0.354 e. The molecule has 0 fully saturated rings. The summed E-state index contributed by atoms with van der Waals surface area (Å²) in [5, 5.41) is 3.58. The first-order chi connectivity index (χ1) is 14.5. The molecule has 4 nitrogen and oxygen atoms in total. The van der Waals surface area contributed by atoms with Crippen molar-refractivity contribution in [3.8, 4) is 0 Å². The molecule has 0 aliphatic heterocycles. The van der Waals surface area contributed by atoms with Crippen molar-refractivity contribution in [3.05, 3.63) is 87.8 Å². The highest BCUT2D eigenvalue weighted by molar-refractivity contribution is 7.98. The number of rotatable bonds is 5. The van der Waals surface area contributed by atoms with Crippen LogP contribution >= 0.6 is 11.8 Å². The lowest BCUT2D eigenvalue weighted by molar-refractivity contribution is 0.0936. The summed E-state index contributed by atoms with van der Waals surface area (Å²) in [7, 11) is 0. The van der Waals surface area contributed by atoms with Crippen LogP contribution in [0, 0.1) is 5.82 Å². The van der Waals surface area contributed by atoms with Gasteiger partial charge in [-0.15, -0.1) is 11.8 Å². The molecule has 1 heterocycles. The van der Waals surface area contributed by atoms with Gasteiger partial charge in [-0.3, -0.25) is 9.59 Å². The molecule has 4 rings (SSSR count). The third-order valence-corrected chi connectivity index (χ3v) is 5.82. The molecule has 6 heteroatoms. The van der Waals surface area contributed by atoms with E-state index >= 15 is 0 Å². The predicted octanol–water partition coefficient (Wildman–Crippen LogP) is 4.90. The highest BCUT2D eigenvalue weighted by Gasteiger charge is 2.17. The summed E-state index contributed by atoms with van der Waals surface area (Å²) in [6.07, 6.45) is 2.65. The van der Waals surface area contributed by atoms with Crippen molar-refractivity contribution in [3.63, 3.8) is 0 Å². The average Bonchev–Trinajstić information content (AvgIpc) is 2.74. The molecule has 2 N–H and O–H groups in total. The lowest BCUT2D eigenvalue weighted by Gasteiger charge is -2.15. The van der Waals surface area contributed by atoms with Gasteiger partial charge in [-0.1, -0.05) is 24.3 Å². The number of benzene rings is 3. The van der Waals surface area contributed by atoms with Crippen LogP contribution < -0.4 is 10.7 Å². The van der Waals surface area contributed by atoms with Crippen molar-refractivity contribution in [2.45, 2.75) is 24.3 Å². The number of fused-ring (bicyclic) bond motifs is 2. The normalized spacial score (nSPS) is 12.2. The first-order valence-corrected chi connectivity index (χ1v) is 10.9. The van der Waals surface area contributed by atoms with Crippen molar-refractivity contribution in [1.29, 1.82) is 0 Å². The first kappa shape index (κ1) is 20.2. The Kier molecular flexibility index (Phi) is 5.59. The van der Waals surface area contributed by atoms with Crippen LogP contribution in [0.25, 0.3) is 21.8 Å². The molecule has 0 radical (unpaired) electrons. The molecule has 0 bridgehead atoms. The van der Waals surface area contributed by atoms with Crippen LogP contribution in [0.2, 0.25) is 0 Å². The topological polar surface area (TPSA) is 62.0 Å². The summed E-state index contributed by atoms with van der Waals surface area (Å²) < 4.78 is 14.7. The van der Waals surface area contributed by atoms with Gasteiger partial charge >= 0.3 is 0 Å². The molecule has 30 heavy (non-hydrogen) atoms. The average molecular weight is 421 g/mol. The van der Waals surface area contributed by atoms with Crippen molar-refractivity contribution >= 4 is 39.5 Å². The Morgan fingerprint density at radius 3 is 2.67 bits per heavy atom. The molecule has 0 saturated heterocycles. The molecule has 1 atom stereocenters. The number of H-pyrrole nitrogens is 1. The molecule has 1 unspecified atom stereocenters. The summed E-state index contributed by atoms with van der Waals surface area (Å²) in [5.41, 5.74) is 1.84. The fraction of sp³-hybridized carbons (Fsp3) is 0.167. The Labute approximate surface area is 177 Å². The highest BCUT2D eigenvalue weighted by Crippen LogP contribution is 2.20. The van der Waals surface area contributed by atoms with E-state index in [1.165, 1.54) is 6.07 Å². The number of aromatic nitrogens is 1. The van der Waals surface area contributed by atoms with Crippen molar-refractivity contribution in [2.24, 2.45) is 0 Å². The SMILES string of the molecule is CSc1cccc(CC(C)NC(=O)c2cc3[nH]c4ccccc4c(=O)c3cc2F)c1. The highest BCUT2D eigenvalue weighted by atomic mass is 32.2. The van der Waals surface area contributed by atoms with Crippen LogP contribution in [0.1, 0.15) is 22.8 Å². The maximum Gasteiger partial charge on any atom is 0.254 e. The maximum absolute atomic E-state index is 14.7. The van der Waals surface area contributed by atoms with Gasteiger partial charge in [0.2, 0.25) is 0 Å². The van der Waals surface area contributed by atoms with E-state index in [9.17, 15) is 14.0 Å². The second-order valence-electron chi connectivity index (χ2n) is 7.31. The van der Waals surface area contributed by atoms with Gasteiger partial charge in [-0.25, -0.2) is 4.39 Å². The molecule has 1 amide bonds. The van der Waals surface area contributed by atoms with Gasteiger partial charge in [0.05, 0.1) is 11.1 Å². The van der Waals surface area contributed by atoms with Crippen LogP contribution in [0.5, 0.6) is 0 Å². The third-order valence-electron chi connectivity index (χ3n) is 5.09. The molecule has 0 saturated carbocycles. The number of nitrogens with one attached hydrogen (secondary N) is 2. The van der Waals surface area contributed by atoms with Gasteiger partial charge in [-0.05, 0) is 61.6 Å². The Hall–Kier alpha value is -3.12. The second-order valence-corrected chi connectivity index (χ2v) is 8.19. The zero-order chi connectivity index (χ0) is 21.3. The molecule has 0 spiro atoms. The molecular weight excluding hydrogens is 399 g/mol. The lowest BCUT2D eigenvalue weighted by Crippen LogP contribution is -2.34. The number of carbonyl (C=O) groups excluding carboxylic acids is 1. The molecule has 1 aromatic heterocycles. The van der Waals surface area contributed by atoms with Gasteiger partial charge in [0.1, 0.15) is 5.82 Å². The van der Waals surface area contributed by atoms with Gasteiger partial charge in [-0.2, -0.15) is 0 Å². The number of carbonyl (C=O) groups is 1. The smallest absolute Gasteiger partial charge is 0.254 e. The predicted molar refractivity (Wildman–Crippen MR) is 121 cm³/mol. The van der Waals surface area contributed by atoms with E-state index in [1.807, 2.05) is 37.4 Å².